The molecule has 1 aliphatic rings. The van der Waals surface area contributed by atoms with Gasteiger partial charge in [0.1, 0.15) is 0 Å². The molecule has 0 spiro atoms. The maximum absolute atomic E-state index is 3.80. The van der Waals surface area contributed by atoms with Gasteiger partial charge in [-0.1, -0.05) is 67.2 Å². The molecule has 1 fully saturated rings. The van der Waals surface area contributed by atoms with Crippen LogP contribution in [-0.4, -0.2) is 12.6 Å². The van der Waals surface area contributed by atoms with Crippen LogP contribution < -0.4 is 5.32 Å². The van der Waals surface area contributed by atoms with Crippen molar-refractivity contribution in [1.82, 2.24) is 5.32 Å². The molecule has 3 atom stereocenters. The van der Waals surface area contributed by atoms with Gasteiger partial charge in [-0.15, -0.1) is 0 Å². The average molecular weight is 296 g/mol. The summed E-state index contributed by atoms with van der Waals surface area (Å²) >= 11 is 0. The Morgan fingerprint density at radius 3 is 2.00 bits per heavy atom. The van der Waals surface area contributed by atoms with Crippen molar-refractivity contribution < 1.29 is 0 Å². The Bertz CT molecular complexity index is 282. The van der Waals surface area contributed by atoms with Crippen LogP contribution in [-0.2, 0) is 0 Å². The molecule has 1 heterocycles. The minimum atomic E-state index is 0.527. The summed E-state index contributed by atoms with van der Waals surface area (Å²) in [5.41, 5.74) is 1.08. The van der Waals surface area contributed by atoms with E-state index in [1.165, 1.54) is 64.3 Å². The topological polar surface area (TPSA) is 12.0 Å². The predicted molar refractivity (Wildman–Crippen MR) is 95.7 cm³/mol. The molecule has 1 heteroatoms. The summed E-state index contributed by atoms with van der Waals surface area (Å²) in [4.78, 5) is 0. The van der Waals surface area contributed by atoms with E-state index < -0.39 is 0 Å². The quantitative estimate of drug-likeness (QED) is 0.535. The van der Waals surface area contributed by atoms with Gasteiger partial charge < -0.3 is 5.32 Å². The monoisotopic (exact) mass is 295 g/mol. The second kappa shape index (κ2) is 8.56. The average Bonchev–Trinajstić information content (AvgIpc) is 2.53. The number of hydrogen-bond acceptors (Lipinski definition) is 1. The SMILES string of the molecule is CCC1CCNC(CC(C)(CC)CCC(C)(CC)CC)C1. The largest absolute Gasteiger partial charge is 0.314 e. The Kier molecular flexibility index (Phi) is 7.74. The molecule has 1 rings (SSSR count). The summed E-state index contributed by atoms with van der Waals surface area (Å²) < 4.78 is 0. The van der Waals surface area contributed by atoms with Crippen molar-refractivity contribution in [2.45, 2.75) is 105 Å². The van der Waals surface area contributed by atoms with E-state index in [0.717, 1.165) is 12.0 Å². The van der Waals surface area contributed by atoms with Crippen molar-refractivity contribution in [2.24, 2.45) is 16.7 Å². The first-order valence-corrected chi connectivity index (χ1v) is 9.63. The van der Waals surface area contributed by atoms with E-state index in [0.29, 0.717) is 10.8 Å². The minimum Gasteiger partial charge on any atom is -0.314 e. The Morgan fingerprint density at radius 1 is 0.905 bits per heavy atom. The summed E-state index contributed by atoms with van der Waals surface area (Å²) in [6.07, 6.45) is 12.3. The van der Waals surface area contributed by atoms with Crippen molar-refractivity contribution in [3.8, 4) is 0 Å². The van der Waals surface area contributed by atoms with Crippen LogP contribution in [0.4, 0.5) is 0 Å². The minimum absolute atomic E-state index is 0.527. The molecule has 21 heavy (non-hydrogen) atoms. The van der Waals surface area contributed by atoms with E-state index in [9.17, 15) is 0 Å². The van der Waals surface area contributed by atoms with Gasteiger partial charge in [0.25, 0.3) is 0 Å². The third kappa shape index (κ3) is 5.93. The lowest BCUT2D eigenvalue weighted by atomic mass is 9.70. The molecule has 1 N–H and O–H groups in total. The van der Waals surface area contributed by atoms with Gasteiger partial charge in [-0.05, 0) is 55.4 Å². The van der Waals surface area contributed by atoms with E-state index in [1.54, 1.807) is 0 Å². The van der Waals surface area contributed by atoms with E-state index in [2.05, 4.69) is 46.9 Å². The second-order valence-corrected chi connectivity index (χ2v) is 8.34. The van der Waals surface area contributed by atoms with Gasteiger partial charge in [0.05, 0.1) is 0 Å². The molecule has 0 aromatic rings. The van der Waals surface area contributed by atoms with Gasteiger partial charge in [0.2, 0.25) is 0 Å². The van der Waals surface area contributed by atoms with Gasteiger partial charge in [0.15, 0.2) is 0 Å². The van der Waals surface area contributed by atoms with Gasteiger partial charge in [-0.2, -0.15) is 0 Å². The predicted octanol–water partition coefficient (Wildman–Crippen LogP) is 6.18. The Labute approximate surface area is 134 Å². The molecule has 0 saturated carbocycles. The first-order valence-electron chi connectivity index (χ1n) is 9.63. The van der Waals surface area contributed by atoms with Crippen LogP contribution in [0.2, 0.25) is 0 Å². The molecular weight excluding hydrogens is 254 g/mol. The molecule has 126 valence electrons. The first-order chi connectivity index (χ1) is 9.90. The van der Waals surface area contributed by atoms with E-state index in [4.69, 9.17) is 0 Å². The van der Waals surface area contributed by atoms with Crippen LogP contribution in [0.1, 0.15) is 99.3 Å². The third-order valence-electron chi connectivity index (χ3n) is 6.81. The second-order valence-electron chi connectivity index (χ2n) is 8.34. The van der Waals surface area contributed by atoms with Crippen molar-refractivity contribution in [3.63, 3.8) is 0 Å². The number of piperidine rings is 1. The lowest BCUT2D eigenvalue weighted by molar-refractivity contribution is 0.148. The molecule has 3 unspecified atom stereocenters. The summed E-state index contributed by atoms with van der Waals surface area (Å²) in [7, 11) is 0. The van der Waals surface area contributed by atoms with Crippen LogP contribution in [0.3, 0.4) is 0 Å². The normalized spacial score (nSPS) is 26.6. The summed E-state index contributed by atoms with van der Waals surface area (Å²) in [6.45, 7) is 15.7. The fourth-order valence-corrected chi connectivity index (χ4v) is 3.85. The van der Waals surface area contributed by atoms with Crippen molar-refractivity contribution in [1.29, 1.82) is 0 Å². The lowest BCUT2D eigenvalue weighted by Crippen LogP contribution is -2.41. The number of rotatable bonds is 9. The Hall–Kier alpha value is -0.0400. The lowest BCUT2D eigenvalue weighted by Gasteiger charge is -2.39. The number of nitrogens with one attached hydrogen (secondary N) is 1. The highest BCUT2D eigenvalue weighted by atomic mass is 14.9. The van der Waals surface area contributed by atoms with Crippen LogP contribution in [0.25, 0.3) is 0 Å². The summed E-state index contributed by atoms with van der Waals surface area (Å²) in [5.74, 6) is 0.967. The molecule has 0 amide bonds. The van der Waals surface area contributed by atoms with E-state index in [-0.39, 0.29) is 0 Å². The van der Waals surface area contributed by atoms with Crippen LogP contribution in [0.15, 0.2) is 0 Å². The highest BCUT2D eigenvalue weighted by Gasteiger charge is 2.31. The Morgan fingerprint density at radius 2 is 1.48 bits per heavy atom. The zero-order valence-corrected chi connectivity index (χ0v) is 15.7. The molecule has 1 aliphatic heterocycles. The van der Waals surface area contributed by atoms with Gasteiger partial charge in [0, 0.05) is 6.04 Å². The fraction of sp³-hybridized carbons (Fsp3) is 1.00. The molecule has 0 bridgehead atoms. The van der Waals surface area contributed by atoms with Crippen molar-refractivity contribution in [2.75, 3.05) is 6.54 Å². The Balaban J connectivity index is 2.54. The molecule has 1 saturated heterocycles. The van der Waals surface area contributed by atoms with Gasteiger partial charge >= 0.3 is 0 Å². The van der Waals surface area contributed by atoms with Gasteiger partial charge in [-0.3, -0.25) is 0 Å². The maximum atomic E-state index is 3.80. The van der Waals surface area contributed by atoms with E-state index in [1.807, 2.05) is 0 Å². The maximum Gasteiger partial charge on any atom is 0.00748 e. The molecule has 0 aromatic heterocycles. The standard InChI is InChI=1S/C20H41N/c1-7-17-11-14-21-18(15-17)16-20(6,10-4)13-12-19(5,8-2)9-3/h17-18,21H,7-16H2,1-6H3. The zero-order chi connectivity index (χ0) is 15.9. The fourth-order valence-electron chi connectivity index (χ4n) is 3.85. The van der Waals surface area contributed by atoms with Crippen molar-refractivity contribution in [3.05, 3.63) is 0 Å². The van der Waals surface area contributed by atoms with Gasteiger partial charge in [-0.25, -0.2) is 0 Å². The summed E-state index contributed by atoms with van der Waals surface area (Å²) in [6, 6.07) is 0.767. The smallest absolute Gasteiger partial charge is 0.00748 e. The van der Waals surface area contributed by atoms with Crippen molar-refractivity contribution >= 4 is 0 Å². The summed E-state index contributed by atoms with van der Waals surface area (Å²) in [5, 5.41) is 3.80. The van der Waals surface area contributed by atoms with Crippen LogP contribution in [0.5, 0.6) is 0 Å². The van der Waals surface area contributed by atoms with Crippen LogP contribution in [0, 0.1) is 16.7 Å². The number of hydrogen-bond donors (Lipinski definition) is 1. The van der Waals surface area contributed by atoms with Crippen LogP contribution >= 0.6 is 0 Å². The molecule has 0 aliphatic carbocycles. The highest BCUT2D eigenvalue weighted by Crippen LogP contribution is 2.41. The molecular formula is C20H41N. The molecule has 1 nitrogen and oxygen atoms in total. The molecule has 0 radical (unpaired) electrons. The van der Waals surface area contributed by atoms with E-state index >= 15 is 0 Å². The zero-order valence-electron chi connectivity index (χ0n) is 15.7. The third-order valence-corrected chi connectivity index (χ3v) is 6.81. The molecule has 0 aromatic carbocycles. The first kappa shape index (κ1) is 19.0. The highest BCUT2D eigenvalue weighted by molar-refractivity contribution is 4.86.